The zero-order valence-electron chi connectivity index (χ0n) is 52.2. The van der Waals surface area contributed by atoms with Crippen molar-refractivity contribution in [2.45, 2.75) is 67.2 Å². The lowest BCUT2D eigenvalue weighted by Gasteiger charge is -2.32. The number of likely N-dealkylation sites (N-methyl/N-ethyl adjacent to an activating group) is 2. The van der Waals surface area contributed by atoms with E-state index >= 15 is 0 Å². The molecule has 8 aromatic rings. The van der Waals surface area contributed by atoms with Crippen molar-refractivity contribution < 1.29 is 33.8 Å². The molecule has 0 saturated carbocycles. The van der Waals surface area contributed by atoms with E-state index in [0.717, 1.165) is 111 Å². The van der Waals surface area contributed by atoms with Crippen LogP contribution in [0.25, 0.3) is 33.8 Å². The Kier molecular flexibility index (Phi) is 22.5. The Morgan fingerprint density at radius 2 is 0.813 bits per heavy atom. The van der Waals surface area contributed by atoms with Gasteiger partial charge in [0.1, 0.15) is 11.0 Å². The van der Waals surface area contributed by atoms with Crippen LogP contribution < -0.4 is 36.4 Å². The maximum Gasteiger partial charge on any atom is 0.335 e. The van der Waals surface area contributed by atoms with Gasteiger partial charge in [-0.15, -0.1) is 10.2 Å². The molecule has 4 aromatic carbocycles. The quantitative estimate of drug-likeness (QED) is 0.0746. The van der Waals surface area contributed by atoms with Gasteiger partial charge in [0, 0.05) is 140 Å². The summed E-state index contributed by atoms with van der Waals surface area (Å²) >= 11 is 0. The van der Waals surface area contributed by atoms with Crippen LogP contribution in [0.3, 0.4) is 0 Å². The predicted octanol–water partition coefficient (Wildman–Crippen LogP) is 10.2. The van der Waals surface area contributed by atoms with Crippen LogP contribution in [-0.4, -0.2) is 192 Å². The number of carbonyl (C=O) groups excluding carboxylic acids is 3. The summed E-state index contributed by atoms with van der Waals surface area (Å²) in [6.07, 6.45) is 0. The molecule has 4 saturated heterocycles. The number of rotatable bonds is 10. The summed E-state index contributed by atoms with van der Waals surface area (Å²) in [5.41, 5.74) is 8.72. The first-order chi connectivity index (χ1) is 42.7. The van der Waals surface area contributed by atoms with Gasteiger partial charge in [-0.2, -0.15) is 0 Å². The molecule has 23 heteroatoms. The molecule has 23 nitrogen and oxygen atoms in total. The number of carbonyl (C=O) groups is 4. The van der Waals surface area contributed by atoms with Crippen molar-refractivity contribution in [1.29, 1.82) is 0 Å². The molecular weight excluding hydrogens is 1150 g/mol. The summed E-state index contributed by atoms with van der Waals surface area (Å²) in [5, 5.41) is 33.3. The van der Waals surface area contributed by atoms with E-state index in [9.17, 15) is 19.2 Å². The number of aromatic nitrogens is 6. The highest BCUT2D eigenvalue weighted by molar-refractivity contribution is 6.01. The number of fused-ring (bicyclic) bond motifs is 2. The average molecular weight is 1240 g/mol. The summed E-state index contributed by atoms with van der Waals surface area (Å²) in [4.78, 5) is 69.9. The third-order valence-corrected chi connectivity index (χ3v) is 15.9. The number of aromatic carboxylic acids is 1. The molecule has 484 valence electrons. The highest BCUT2D eigenvalue weighted by atomic mass is 16.5. The van der Waals surface area contributed by atoms with E-state index in [4.69, 9.17) is 34.7 Å². The number of benzene rings is 4. The lowest BCUT2D eigenvalue weighted by Crippen LogP contribution is -2.47. The Balaban J connectivity index is 0.000000209. The molecule has 4 aliphatic rings. The van der Waals surface area contributed by atoms with E-state index in [1.807, 2.05) is 50.3 Å². The van der Waals surface area contributed by atoms with Gasteiger partial charge >= 0.3 is 18.0 Å². The molecule has 91 heavy (non-hydrogen) atoms. The minimum atomic E-state index is -1.02. The number of ether oxygens (including phenoxy) is 2. The van der Waals surface area contributed by atoms with E-state index in [0.29, 0.717) is 66.4 Å². The Morgan fingerprint density at radius 1 is 0.462 bits per heavy atom. The predicted molar refractivity (Wildman–Crippen MR) is 363 cm³/mol. The molecule has 8 heterocycles. The van der Waals surface area contributed by atoms with Gasteiger partial charge in [-0.25, -0.2) is 33.4 Å². The van der Waals surface area contributed by atoms with Crippen LogP contribution in [0.4, 0.5) is 44.0 Å². The van der Waals surface area contributed by atoms with Crippen molar-refractivity contribution in [3.63, 3.8) is 0 Å². The first-order valence-electron chi connectivity index (χ1n) is 30.4. The van der Waals surface area contributed by atoms with Gasteiger partial charge in [-0.1, -0.05) is 56.4 Å². The maximum atomic E-state index is 12.8. The minimum Gasteiger partial charge on any atom is -0.478 e. The minimum absolute atomic E-state index is 0. The van der Waals surface area contributed by atoms with Gasteiger partial charge in [-0.05, 0) is 135 Å². The standard InChI is InChI=1S/C33H40N8O3.C28H30N6O4.C5H12N2.2CH4/c1-33(2,3)28-14-13-27-30(39-19-21-44-22-20-39)36-29(37-41(27)28)23-5-9-25(10-6-23)34-32(43)35-26-11-7-24(8-12-26)31(42)40-17-15-38(4)16-18-40;1-28(2,3)23-13-12-22-25(33-14-16-38-17-15-33)31-24(32-34(22)23)18-4-8-20(9-5-18)29-27(37)30-21-10-6-19(7-11-21)26(35)36;1-7-4-2-6-3-5-7;;/h5-14H,15-22H2,1-4H3,(H2,34,35,43);4-13H,14-17H2,1-3H3,(H,35,36)(H2,29,30,37);6H,2-5H2,1H3;2*1H4. The first-order valence-corrected chi connectivity index (χ1v) is 30.4. The van der Waals surface area contributed by atoms with Gasteiger partial charge in [0.2, 0.25) is 0 Å². The number of nitrogens with one attached hydrogen (secondary N) is 5. The summed E-state index contributed by atoms with van der Waals surface area (Å²) in [6.45, 7) is 26.7. The average Bonchev–Trinajstić information content (AvgIpc) is 1.68. The van der Waals surface area contributed by atoms with Crippen LogP contribution >= 0.6 is 0 Å². The van der Waals surface area contributed by atoms with Crippen molar-refractivity contribution in [2.24, 2.45) is 0 Å². The van der Waals surface area contributed by atoms with E-state index in [2.05, 4.69) is 126 Å². The molecule has 0 bridgehead atoms. The molecule has 4 fully saturated rings. The third kappa shape index (κ3) is 17.3. The normalized spacial score (nSPS) is 15.6. The Morgan fingerprint density at radius 3 is 1.15 bits per heavy atom. The zero-order chi connectivity index (χ0) is 62.8. The van der Waals surface area contributed by atoms with Gasteiger partial charge in [0.15, 0.2) is 23.3 Å². The van der Waals surface area contributed by atoms with Gasteiger partial charge in [-0.3, -0.25) is 4.79 Å². The number of anilines is 6. The summed E-state index contributed by atoms with van der Waals surface area (Å²) in [5.74, 6) is 1.97. The smallest absolute Gasteiger partial charge is 0.335 e. The fourth-order valence-corrected chi connectivity index (χ4v) is 10.7. The van der Waals surface area contributed by atoms with Gasteiger partial charge < -0.3 is 65.7 Å². The first kappa shape index (κ1) is 67.9. The number of hydrogen-bond donors (Lipinski definition) is 6. The van der Waals surface area contributed by atoms with E-state index in [-0.39, 0.29) is 43.2 Å². The fourth-order valence-electron chi connectivity index (χ4n) is 10.7. The van der Waals surface area contributed by atoms with E-state index < -0.39 is 12.0 Å². The highest BCUT2D eigenvalue weighted by Gasteiger charge is 2.27. The van der Waals surface area contributed by atoms with Crippen molar-refractivity contribution in [1.82, 2.24) is 49.2 Å². The summed E-state index contributed by atoms with van der Waals surface area (Å²) < 4.78 is 15.1. The Labute approximate surface area is 534 Å². The second-order valence-corrected chi connectivity index (χ2v) is 24.7. The molecule has 6 N–H and O–H groups in total. The molecule has 5 amide bonds. The molecule has 0 atom stereocenters. The Hall–Kier alpha value is -9.00. The van der Waals surface area contributed by atoms with Gasteiger partial charge in [0.25, 0.3) is 5.91 Å². The van der Waals surface area contributed by atoms with Crippen LogP contribution in [0.2, 0.25) is 0 Å². The van der Waals surface area contributed by atoms with Crippen molar-refractivity contribution >= 4 is 69.4 Å². The van der Waals surface area contributed by atoms with Crippen molar-refractivity contribution in [2.75, 3.05) is 150 Å². The topological polar surface area (TPSA) is 244 Å². The second-order valence-electron chi connectivity index (χ2n) is 24.7. The third-order valence-electron chi connectivity index (χ3n) is 15.9. The maximum absolute atomic E-state index is 12.8. The van der Waals surface area contributed by atoms with Crippen molar-refractivity contribution in [3.8, 4) is 22.8 Å². The van der Waals surface area contributed by atoms with E-state index in [1.54, 1.807) is 48.5 Å². The van der Waals surface area contributed by atoms with Gasteiger partial charge in [0.05, 0.1) is 32.0 Å². The lowest BCUT2D eigenvalue weighted by atomic mass is 9.92. The summed E-state index contributed by atoms with van der Waals surface area (Å²) in [6, 6.07) is 35.4. The number of amides is 5. The summed E-state index contributed by atoms with van der Waals surface area (Å²) in [7, 11) is 4.21. The molecule has 0 aliphatic carbocycles. The fraction of sp³-hybridized carbons (Fsp3) is 0.412. The lowest BCUT2D eigenvalue weighted by molar-refractivity contribution is 0.0662. The molecule has 12 rings (SSSR count). The van der Waals surface area contributed by atoms with Crippen LogP contribution in [0.1, 0.15) is 88.5 Å². The SMILES string of the molecule is C.C.CC(C)(C)c1ccc2c(N3CCOCC3)nc(-c3ccc(NC(=O)Nc4ccc(C(=O)O)cc4)cc3)nn12.CN1CCN(C(=O)c2ccc(NC(=O)Nc3ccc(-c4nc(N5CCOCC5)c5ccc(C(C)(C)C)n5n4)cc3)cc2)CC1.CN1CCNCC1. The number of piperazine rings is 2. The number of urea groups is 2. The largest absolute Gasteiger partial charge is 0.478 e. The van der Waals surface area contributed by atoms with Crippen LogP contribution in [0.5, 0.6) is 0 Å². The van der Waals surface area contributed by atoms with Crippen LogP contribution in [-0.2, 0) is 20.3 Å². The van der Waals surface area contributed by atoms with Crippen molar-refractivity contribution in [3.05, 3.63) is 144 Å². The molecule has 0 radical (unpaired) electrons. The number of hydrogen-bond acceptors (Lipinski definition) is 15. The molecule has 4 aliphatic heterocycles. The zero-order valence-corrected chi connectivity index (χ0v) is 52.2. The Bertz CT molecular complexity index is 3720. The van der Waals surface area contributed by atoms with Crippen LogP contribution in [0, 0.1) is 0 Å². The molecular formula is C68H90N16O7. The molecule has 0 spiro atoms. The van der Waals surface area contributed by atoms with Crippen LogP contribution in [0.15, 0.2) is 121 Å². The number of carboxylic acids is 1. The van der Waals surface area contributed by atoms with E-state index in [1.165, 1.54) is 25.2 Å². The second kappa shape index (κ2) is 30.2. The number of carboxylic acid groups (broad SMARTS) is 1. The molecule has 0 unspecified atom stereocenters. The number of nitrogens with zero attached hydrogens (tertiary/aromatic N) is 11. The monoisotopic (exact) mass is 1240 g/mol. The highest BCUT2D eigenvalue weighted by Crippen LogP contribution is 2.33. The molecule has 4 aromatic heterocycles. The number of morpholine rings is 2.